The van der Waals surface area contributed by atoms with Crippen molar-refractivity contribution in [2.45, 2.75) is 38.8 Å². The number of carboxylic acid groups (broad SMARTS) is 1. The van der Waals surface area contributed by atoms with Gasteiger partial charge in [0.2, 0.25) is 0 Å². The molecule has 1 fully saturated rings. The van der Waals surface area contributed by atoms with Crippen LogP contribution in [0.15, 0.2) is 24.3 Å². The summed E-state index contributed by atoms with van der Waals surface area (Å²) in [5.41, 5.74) is 2.20. The quantitative estimate of drug-likeness (QED) is 0.836. The lowest BCUT2D eigenvalue weighted by Gasteiger charge is -2.22. The first-order valence-electron chi connectivity index (χ1n) is 6.88. The molecule has 0 unspecified atom stereocenters. The van der Waals surface area contributed by atoms with Crippen LogP contribution in [0.2, 0.25) is 0 Å². The van der Waals surface area contributed by atoms with Gasteiger partial charge in [-0.1, -0.05) is 29.8 Å². The summed E-state index contributed by atoms with van der Waals surface area (Å²) in [4.78, 5) is 24.4. The first kappa shape index (κ1) is 14.4. The van der Waals surface area contributed by atoms with E-state index in [0.29, 0.717) is 6.54 Å². The van der Waals surface area contributed by atoms with Crippen LogP contribution >= 0.6 is 0 Å². The molecule has 2 amide bonds. The maximum absolute atomic E-state index is 12.1. The van der Waals surface area contributed by atoms with Gasteiger partial charge in [-0.3, -0.25) is 4.79 Å². The number of nitrogens with zero attached hydrogens (tertiary/aromatic N) is 1. The molecule has 0 saturated heterocycles. The van der Waals surface area contributed by atoms with Crippen molar-refractivity contribution in [2.24, 2.45) is 0 Å². The number of hydrogen-bond donors (Lipinski definition) is 2. The SMILES string of the molecule is Cc1cccc(CNC(=O)N(CCC(=O)O)C2CC2)c1. The van der Waals surface area contributed by atoms with Gasteiger partial charge in [-0.15, -0.1) is 0 Å². The standard InChI is InChI=1S/C15H20N2O3/c1-11-3-2-4-12(9-11)10-16-15(20)17(13-5-6-13)8-7-14(18)19/h2-4,9,13H,5-8,10H2,1H3,(H,16,20)(H,18,19). The monoisotopic (exact) mass is 276 g/mol. The highest BCUT2D eigenvalue weighted by Gasteiger charge is 2.32. The van der Waals surface area contributed by atoms with E-state index in [4.69, 9.17) is 5.11 Å². The minimum atomic E-state index is -0.873. The third-order valence-corrected chi connectivity index (χ3v) is 3.34. The zero-order chi connectivity index (χ0) is 14.5. The van der Waals surface area contributed by atoms with Crippen LogP contribution in [0.4, 0.5) is 4.79 Å². The normalized spacial score (nSPS) is 13.8. The van der Waals surface area contributed by atoms with Crippen LogP contribution in [0.25, 0.3) is 0 Å². The van der Waals surface area contributed by atoms with Crippen LogP contribution in [-0.2, 0) is 11.3 Å². The molecule has 0 atom stereocenters. The van der Waals surface area contributed by atoms with Crippen molar-refractivity contribution >= 4 is 12.0 Å². The number of aryl methyl sites for hydroxylation is 1. The summed E-state index contributed by atoms with van der Waals surface area (Å²) in [7, 11) is 0. The van der Waals surface area contributed by atoms with E-state index in [2.05, 4.69) is 5.32 Å². The van der Waals surface area contributed by atoms with Gasteiger partial charge in [-0.25, -0.2) is 4.79 Å². The summed E-state index contributed by atoms with van der Waals surface area (Å²) in [6.07, 6.45) is 1.93. The summed E-state index contributed by atoms with van der Waals surface area (Å²) in [6.45, 7) is 2.76. The Labute approximate surface area is 118 Å². The van der Waals surface area contributed by atoms with E-state index < -0.39 is 5.97 Å². The van der Waals surface area contributed by atoms with Crippen molar-refractivity contribution in [2.75, 3.05) is 6.54 Å². The van der Waals surface area contributed by atoms with Gasteiger partial charge in [0.25, 0.3) is 0 Å². The van der Waals surface area contributed by atoms with Crippen LogP contribution in [0.1, 0.15) is 30.4 Å². The molecule has 2 rings (SSSR count). The lowest BCUT2D eigenvalue weighted by molar-refractivity contribution is -0.137. The predicted octanol–water partition coefficient (Wildman–Crippen LogP) is 2.14. The number of urea groups is 1. The molecule has 0 spiro atoms. The van der Waals surface area contributed by atoms with E-state index in [1.807, 2.05) is 31.2 Å². The molecular weight excluding hydrogens is 256 g/mol. The molecule has 0 aliphatic heterocycles. The number of carboxylic acids is 1. The summed E-state index contributed by atoms with van der Waals surface area (Å²) < 4.78 is 0. The third kappa shape index (κ3) is 4.26. The predicted molar refractivity (Wildman–Crippen MR) is 75.4 cm³/mol. The molecule has 1 aliphatic carbocycles. The second-order valence-electron chi connectivity index (χ2n) is 5.22. The molecule has 1 aromatic rings. The average molecular weight is 276 g/mol. The molecule has 0 radical (unpaired) electrons. The molecule has 1 aromatic carbocycles. The van der Waals surface area contributed by atoms with E-state index in [0.717, 1.165) is 24.0 Å². The minimum Gasteiger partial charge on any atom is -0.481 e. The van der Waals surface area contributed by atoms with E-state index in [-0.39, 0.29) is 25.0 Å². The molecule has 5 heteroatoms. The second kappa shape index (κ2) is 6.41. The van der Waals surface area contributed by atoms with E-state index in [1.165, 1.54) is 0 Å². The zero-order valence-electron chi connectivity index (χ0n) is 11.6. The number of rotatable bonds is 6. The number of amides is 2. The molecule has 2 N–H and O–H groups in total. The van der Waals surface area contributed by atoms with Gasteiger partial charge in [-0.2, -0.15) is 0 Å². The van der Waals surface area contributed by atoms with Crippen LogP contribution < -0.4 is 5.32 Å². The van der Waals surface area contributed by atoms with Crippen LogP contribution in [0.5, 0.6) is 0 Å². The number of nitrogens with one attached hydrogen (secondary N) is 1. The Hall–Kier alpha value is -2.04. The molecular formula is C15H20N2O3. The van der Waals surface area contributed by atoms with Gasteiger partial charge in [0, 0.05) is 19.1 Å². The van der Waals surface area contributed by atoms with Crippen LogP contribution in [0, 0.1) is 6.92 Å². The molecule has 1 saturated carbocycles. The van der Waals surface area contributed by atoms with Gasteiger partial charge in [0.1, 0.15) is 0 Å². The Balaban J connectivity index is 1.86. The molecule has 108 valence electrons. The smallest absolute Gasteiger partial charge is 0.317 e. The minimum absolute atomic E-state index is 0.00559. The lowest BCUT2D eigenvalue weighted by Crippen LogP contribution is -2.42. The Bertz CT molecular complexity index is 498. The Morgan fingerprint density at radius 1 is 1.40 bits per heavy atom. The van der Waals surface area contributed by atoms with Crippen molar-refractivity contribution in [3.05, 3.63) is 35.4 Å². The molecule has 0 aromatic heterocycles. The topological polar surface area (TPSA) is 69.6 Å². The largest absolute Gasteiger partial charge is 0.481 e. The van der Waals surface area contributed by atoms with Crippen molar-refractivity contribution in [1.29, 1.82) is 0 Å². The number of benzene rings is 1. The van der Waals surface area contributed by atoms with E-state index >= 15 is 0 Å². The highest BCUT2D eigenvalue weighted by atomic mass is 16.4. The molecule has 0 bridgehead atoms. The zero-order valence-corrected chi connectivity index (χ0v) is 11.6. The summed E-state index contributed by atoms with van der Waals surface area (Å²) in [6, 6.07) is 8.00. The van der Waals surface area contributed by atoms with E-state index in [1.54, 1.807) is 4.90 Å². The average Bonchev–Trinajstić information content (AvgIpc) is 3.21. The Morgan fingerprint density at radius 3 is 2.75 bits per heavy atom. The van der Waals surface area contributed by atoms with Crippen molar-refractivity contribution in [1.82, 2.24) is 10.2 Å². The molecule has 0 heterocycles. The molecule has 5 nitrogen and oxygen atoms in total. The van der Waals surface area contributed by atoms with Gasteiger partial charge in [-0.05, 0) is 25.3 Å². The highest BCUT2D eigenvalue weighted by molar-refractivity contribution is 5.76. The summed E-state index contributed by atoms with van der Waals surface area (Å²) in [5.74, 6) is -0.873. The molecule has 1 aliphatic rings. The number of carbonyl (C=O) groups excluding carboxylic acids is 1. The first-order chi connectivity index (χ1) is 9.56. The lowest BCUT2D eigenvalue weighted by atomic mass is 10.1. The number of aliphatic carboxylic acids is 1. The summed E-state index contributed by atoms with van der Waals surface area (Å²) >= 11 is 0. The van der Waals surface area contributed by atoms with Crippen LogP contribution in [0.3, 0.4) is 0 Å². The fourth-order valence-corrected chi connectivity index (χ4v) is 2.15. The maximum Gasteiger partial charge on any atom is 0.317 e. The summed E-state index contributed by atoms with van der Waals surface area (Å²) in [5, 5.41) is 11.6. The fourth-order valence-electron chi connectivity index (χ4n) is 2.15. The third-order valence-electron chi connectivity index (χ3n) is 3.34. The van der Waals surface area contributed by atoms with Crippen molar-refractivity contribution < 1.29 is 14.7 Å². The van der Waals surface area contributed by atoms with Gasteiger partial charge in [0.15, 0.2) is 0 Å². The molecule has 20 heavy (non-hydrogen) atoms. The van der Waals surface area contributed by atoms with Crippen molar-refractivity contribution in [3.8, 4) is 0 Å². The van der Waals surface area contributed by atoms with Gasteiger partial charge < -0.3 is 15.3 Å². The van der Waals surface area contributed by atoms with E-state index in [9.17, 15) is 9.59 Å². The number of carbonyl (C=O) groups is 2. The Kier molecular flexibility index (Phi) is 4.61. The number of hydrogen-bond acceptors (Lipinski definition) is 2. The fraction of sp³-hybridized carbons (Fsp3) is 0.467. The maximum atomic E-state index is 12.1. The first-order valence-corrected chi connectivity index (χ1v) is 6.88. The van der Waals surface area contributed by atoms with Gasteiger partial charge in [0.05, 0.1) is 6.42 Å². The van der Waals surface area contributed by atoms with Gasteiger partial charge >= 0.3 is 12.0 Å². The second-order valence-corrected chi connectivity index (χ2v) is 5.22. The van der Waals surface area contributed by atoms with Crippen molar-refractivity contribution in [3.63, 3.8) is 0 Å². The van der Waals surface area contributed by atoms with Crippen LogP contribution in [-0.4, -0.2) is 34.6 Å². The highest BCUT2D eigenvalue weighted by Crippen LogP contribution is 2.27. The Morgan fingerprint density at radius 2 is 2.15 bits per heavy atom.